The van der Waals surface area contributed by atoms with Gasteiger partial charge in [-0.1, -0.05) is 26.0 Å². The van der Waals surface area contributed by atoms with Gasteiger partial charge in [-0.15, -0.1) is 0 Å². The molecule has 168 valence electrons. The normalized spacial score (nSPS) is 16.3. The van der Waals surface area contributed by atoms with Crippen LogP contribution in [0.1, 0.15) is 48.8 Å². The summed E-state index contributed by atoms with van der Waals surface area (Å²) in [5.74, 6) is 1.82. The molecule has 31 heavy (non-hydrogen) atoms. The summed E-state index contributed by atoms with van der Waals surface area (Å²) in [6.07, 6.45) is 2.70. The van der Waals surface area contributed by atoms with Gasteiger partial charge in [-0.2, -0.15) is 4.31 Å². The SMILES string of the molecule is CCC(C)c1nc(C)c(Cc2ccc([N+](=O)[O-])cc2)c(N2CCN(S(C)(=O)=O)CC2)n1. The Morgan fingerprint density at radius 2 is 1.74 bits per heavy atom. The van der Waals surface area contributed by atoms with E-state index in [1.165, 1.54) is 22.7 Å². The van der Waals surface area contributed by atoms with Gasteiger partial charge in [0.25, 0.3) is 5.69 Å². The summed E-state index contributed by atoms with van der Waals surface area (Å²) < 4.78 is 25.3. The minimum absolute atomic E-state index is 0.0564. The van der Waals surface area contributed by atoms with Crippen LogP contribution in [-0.4, -0.2) is 60.0 Å². The van der Waals surface area contributed by atoms with E-state index in [9.17, 15) is 18.5 Å². The van der Waals surface area contributed by atoms with Gasteiger partial charge in [0.15, 0.2) is 0 Å². The summed E-state index contributed by atoms with van der Waals surface area (Å²) in [5, 5.41) is 10.9. The standard InChI is InChI=1S/C21H29N5O4S/c1-5-15(2)20-22-16(3)19(14-17-6-8-18(9-7-17)26(27)28)21(23-20)24-10-12-25(13-11-24)31(4,29)30/h6-9,15H,5,10-14H2,1-4H3. The monoisotopic (exact) mass is 447 g/mol. The number of hydrogen-bond donors (Lipinski definition) is 0. The average molecular weight is 448 g/mol. The highest BCUT2D eigenvalue weighted by molar-refractivity contribution is 7.88. The van der Waals surface area contributed by atoms with E-state index in [0.717, 1.165) is 34.9 Å². The van der Waals surface area contributed by atoms with Crippen LogP contribution in [0.2, 0.25) is 0 Å². The van der Waals surface area contributed by atoms with E-state index >= 15 is 0 Å². The van der Waals surface area contributed by atoms with E-state index in [4.69, 9.17) is 9.97 Å². The Morgan fingerprint density at radius 3 is 2.26 bits per heavy atom. The van der Waals surface area contributed by atoms with Crippen LogP contribution >= 0.6 is 0 Å². The predicted octanol–water partition coefficient (Wildman–Crippen LogP) is 2.88. The summed E-state index contributed by atoms with van der Waals surface area (Å²) in [6.45, 7) is 8.09. The minimum atomic E-state index is -3.22. The Labute approximate surface area is 183 Å². The Balaban J connectivity index is 1.95. The molecule has 0 spiro atoms. The zero-order valence-corrected chi connectivity index (χ0v) is 19.2. The van der Waals surface area contributed by atoms with Gasteiger partial charge < -0.3 is 4.90 Å². The first kappa shape index (κ1) is 23.1. The molecule has 1 aliphatic heterocycles. The second-order valence-electron chi connectivity index (χ2n) is 8.03. The van der Waals surface area contributed by atoms with E-state index in [0.29, 0.717) is 32.6 Å². The lowest BCUT2D eigenvalue weighted by Crippen LogP contribution is -2.49. The summed E-state index contributed by atoms with van der Waals surface area (Å²) in [4.78, 5) is 22.3. The maximum Gasteiger partial charge on any atom is 0.269 e. The molecule has 2 aromatic rings. The molecule has 1 saturated heterocycles. The van der Waals surface area contributed by atoms with Gasteiger partial charge in [0.05, 0.1) is 11.2 Å². The largest absolute Gasteiger partial charge is 0.354 e. The number of nitro groups is 1. The first-order chi connectivity index (χ1) is 14.6. The van der Waals surface area contributed by atoms with Crippen molar-refractivity contribution >= 4 is 21.5 Å². The molecule has 1 aromatic carbocycles. The lowest BCUT2D eigenvalue weighted by molar-refractivity contribution is -0.384. The van der Waals surface area contributed by atoms with Crippen LogP contribution in [-0.2, 0) is 16.4 Å². The van der Waals surface area contributed by atoms with Crippen LogP contribution in [0.25, 0.3) is 0 Å². The van der Waals surface area contributed by atoms with Gasteiger partial charge >= 0.3 is 0 Å². The number of rotatable bonds is 7. The fourth-order valence-corrected chi connectivity index (χ4v) is 4.47. The number of sulfonamides is 1. The van der Waals surface area contributed by atoms with Gasteiger partial charge in [-0.3, -0.25) is 10.1 Å². The minimum Gasteiger partial charge on any atom is -0.354 e. The van der Waals surface area contributed by atoms with Gasteiger partial charge in [-0.05, 0) is 18.9 Å². The number of benzene rings is 1. The number of anilines is 1. The molecule has 0 saturated carbocycles. The molecule has 10 heteroatoms. The molecule has 1 aromatic heterocycles. The summed E-state index contributed by atoms with van der Waals surface area (Å²) in [6, 6.07) is 6.52. The third kappa shape index (κ3) is 5.37. The summed E-state index contributed by atoms with van der Waals surface area (Å²) >= 11 is 0. The number of non-ortho nitro benzene ring substituents is 1. The molecule has 0 bridgehead atoms. The molecule has 1 atom stereocenters. The molecular weight excluding hydrogens is 418 g/mol. The van der Waals surface area contributed by atoms with Gasteiger partial charge in [-0.25, -0.2) is 18.4 Å². The highest BCUT2D eigenvalue weighted by Gasteiger charge is 2.27. The molecule has 3 rings (SSSR count). The van der Waals surface area contributed by atoms with Gasteiger partial charge in [0, 0.05) is 61.9 Å². The highest BCUT2D eigenvalue weighted by atomic mass is 32.2. The van der Waals surface area contributed by atoms with Crippen molar-refractivity contribution in [1.29, 1.82) is 0 Å². The topological polar surface area (TPSA) is 110 Å². The maximum atomic E-state index is 11.9. The van der Waals surface area contributed by atoms with E-state index < -0.39 is 14.9 Å². The third-order valence-electron chi connectivity index (χ3n) is 5.80. The Kier molecular flexibility index (Phi) is 6.90. The molecule has 1 fully saturated rings. The van der Waals surface area contributed by atoms with E-state index in [1.807, 2.05) is 6.92 Å². The molecule has 1 unspecified atom stereocenters. The third-order valence-corrected chi connectivity index (χ3v) is 7.10. The highest BCUT2D eigenvalue weighted by Crippen LogP contribution is 2.28. The van der Waals surface area contributed by atoms with Gasteiger partial charge in [0.2, 0.25) is 10.0 Å². The fraction of sp³-hybridized carbons (Fsp3) is 0.524. The van der Waals surface area contributed by atoms with Crippen molar-refractivity contribution in [3.63, 3.8) is 0 Å². The lowest BCUT2D eigenvalue weighted by atomic mass is 10.0. The van der Waals surface area contributed by atoms with E-state index in [2.05, 4.69) is 18.7 Å². The smallest absolute Gasteiger partial charge is 0.269 e. The van der Waals surface area contributed by atoms with E-state index in [1.54, 1.807) is 12.1 Å². The number of hydrogen-bond acceptors (Lipinski definition) is 7. The van der Waals surface area contributed by atoms with Crippen LogP contribution in [0.5, 0.6) is 0 Å². The Hall–Kier alpha value is -2.59. The number of nitrogens with zero attached hydrogens (tertiary/aromatic N) is 5. The van der Waals surface area contributed by atoms with Crippen LogP contribution in [0, 0.1) is 17.0 Å². The molecule has 2 heterocycles. The second-order valence-corrected chi connectivity index (χ2v) is 10.0. The summed E-state index contributed by atoms with van der Waals surface area (Å²) in [5.41, 5.74) is 2.84. The first-order valence-electron chi connectivity index (χ1n) is 10.4. The molecular formula is C21H29N5O4S. The van der Waals surface area contributed by atoms with Crippen molar-refractivity contribution < 1.29 is 13.3 Å². The van der Waals surface area contributed by atoms with Crippen molar-refractivity contribution in [3.8, 4) is 0 Å². The Morgan fingerprint density at radius 1 is 1.13 bits per heavy atom. The van der Waals surface area contributed by atoms with Crippen molar-refractivity contribution in [2.45, 2.75) is 39.5 Å². The molecule has 1 aliphatic rings. The van der Waals surface area contributed by atoms with Crippen LogP contribution in [0.4, 0.5) is 11.5 Å². The summed E-state index contributed by atoms with van der Waals surface area (Å²) in [7, 11) is -3.22. The average Bonchev–Trinajstić information content (AvgIpc) is 2.74. The van der Waals surface area contributed by atoms with Crippen molar-refractivity contribution in [1.82, 2.24) is 14.3 Å². The number of nitro benzene ring substituents is 1. The van der Waals surface area contributed by atoms with Crippen LogP contribution in [0.15, 0.2) is 24.3 Å². The molecule has 0 N–H and O–H groups in total. The molecule has 9 nitrogen and oxygen atoms in total. The maximum absolute atomic E-state index is 11.9. The predicted molar refractivity (Wildman–Crippen MR) is 120 cm³/mol. The number of piperazine rings is 1. The number of aromatic nitrogens is 2. The first-order valence-corrected chi connectivity index (χ1v) is 12.3. The molecule has 0 aliphatic carbocycles. The Bertz CT molecular complexity index is 1050. The number of aryl methyl sites for hydroxylation is 1. The zero-order valence-electron chi connectivity index (χ0n) is 18.4. The molecule has 0 radical (unpaired) electrons. The van der Waals surface area contributed by atoms with Crippen LogP contribution in [0.3, 0.4) is 0 Å². The second kappa shape index (κ2) is 9.27. The lowest BCUT2D eigenvalue weighted by Gasteiger charge is -2.35. The zero-order chi connectivity index (χ0) is 22.8. The quantitative estimate of drug-likeness (QED) is 0.474. The fourth-order valence-electron chi connectivity index (χ4n) is 3.64. The van der Waals surface area contributed by atoms with Crippen molar-refractivity contribution in [2.75, 3.05) is 37.3 Å². The van der Waals surface area contributed by atoms with Gasteiger partial charge in [0.1, 0.15) is 11.6 Å². The van der Waals surface area contributed by atoms with Crippen LogP contribution < -0.4 is 4.90 Å². The van der Waals surface area contributed by atoms with Crippen molar-refractivity contribution in [3.05, 3.63) is 57.0 Å². The van der Waals surface area contributed by atoms with E-state index in [-0.39, 0.29) is 11.6 Å². The molecule has 0 amide bonds. The van der Waals surface area contributed by atoms with Crippen molar-refractivity contribution in [2.24, 2.45) is 0 Å².